The van der Waals surface area contributed by atoms with Gasteiger partial charge in [0.05, 0.1) is 0 Å². The molecular weight excluding hydrogens is 315 g/mol. The molecule has 0 aromatic carbocycles. The Morgan fingerprint density at radius 3 is 1.28 bits per heavy atom. The second-order valence-electron chi connectivity index (χ2n) is 4.26. The van der Waals surface area contributed by atoms with Crippen LogP contribution in [0.15, 0.2) is 35.5 Å². The molecule has 0 aromatic heterocycles. The van der Waals surface area contributed by atoms with Crippen molar-refractivity contribution in [3.63, 3.8) is 0 Å². The Kier molecular flexibility index (Phi) is 13.1. The van der Waals surface area contributed by atoms with Crippen molar-refractivity contribution >= 4 is 28.9 Å². The summed E-state index contributed by atoms with van der Waals surface area (Å²) in [5.41, 5.74) is 2.55. The maximum absolute atomic E-state index is 5.43. The van der Waals surface area contributed by atoms with Crippen molar-refractivity contribution in [2.45, 2.75) is 39.8 Å². The van der Waals surface area contributed by atoms with Crippen molar-refractivity contribution in [3.05, 3.63) is 47.6 Å². The molecule has 0 amide bonds. The molecule has 2 aliphatic rings. The third kappa shape index (κ3) is 18.8. The third-order valence-corrected chi connectivity index (χ3v) is 1.73. The smallest absolute Gasteiger partial charge is 0.270 e. The first-order valence-electron chi connectivity index (χ1n) is 5.65. The van der Waals surface area contributed by atoms with Crippen LogP contribution in [0.2, 0.25) is 13.1 Å². The van der Waals surface area contributed by atoms with Gasteiger partial charge < -0.3 is 0 Å². The van der Waals surface area contributed by atoms with Crippen LogP contribution in [0.4, 0.5) is 0 Å². The van der Waals surface area contributed by atoms with E-state index in [1.807, 2.05) is 13.1 Å². The summed E-state index contributed by atoms with van der Waals surface area (Å²) in [5, 5.41) is 0. The number of allylic oxidation sites excluding steroid dienone is 8. The zero-order chi connectivity index (χ0) is 13.3. The van der Waals surface area contributed by atoms with Crippen molar-refractivity contribution in [1.82, 2.24) is 0 Å². The summed E-state index contributed by atoms with van der Waals surface area (Å²) in [4.78, 5) is 0. The van der Waals surface area contributed by atoms with Crippen LogP contribution in [0.3, 0.4) is 0 Å². The molecule has 0 nitrogen and oxygen atoms in total. The van der Waals surface area contributed by atoms with E-state index in [0.29, 0.717) is 0 Å². The second-order valence-corrected chi connectivity index (χ2v) is 13.2. The molecule has 98 valence electrons. The maximum Gasteiger partial charge on any atom is 2.00 e. The van der Waals surface area contributed by atoms with Gasteiger partial charge in [0.25, 0.3) is 0 Å². The van der Waals surface area contributed by atoms with Crippen LogP contribution >= 0.6 is 22.2 Å². The summed E-state index contributed by atoms with van der Waals surface area (Å²) in [6.45, 7) is 6.17. The molecule has 0 saturated carbocycles. The number of rotatable bonds is 0. The van der Waals surface area contributed by atoms with Crippen molar-refractivity contribution in [1.29, 1.82) is 0 Å². The van der Waals surface area contributed by atoms with Gasteiger partial charge in [0, 0.05) is 0 Å². The molecule has 0 spiro atoms. The Labute approximate surface area is 137 Å². The molecule has 18 heavy (non-hydrogen) atoms. The Morgan fingerprint density at radius 2 is 1.22 bits per heavy atom. The van der Waals surface area contributed by atoms with Gasteiger partial charge in [-0.05, 0) is 13.1 Å². The van der Waals surface area contributed by atoms with E-state index in [1.54, 1.807) is 0 Å². The third-order valence-electron chi connectivity index (χ3n) is 1.73. The largest absolute Gasteiger partial charge is 2.00 e. The normalized spacial score (nSPS) is 15.7. The van der Waals surface area contributed by atoms with Gasteiger partial charge in [-0.2, -0.15) is 12.2 Å². The van der Waals surface area contributed by atoms with E-state index < -0.39 is 6.69 Å². The maximum atomic E-state index is 5.43. The van der Waals surface area contributed by atoms with Crippen LogP contribution in [0, 0.1) is 12.2 Å². The summed E-state index contributed by atoms with van der Waals surface area (Å²) in [6.07, 6.45) is 16.7. The molecule has 0 radical (unpaired) electrons. The SMILES string of the molecule is CC1=[C-]CC=C1.CC1=[C-]CC=C1.C[Si](C)(Cl)Cl.[Ti+2]. The van der Waals surface area contributed by atoms with Crippen LogP contribution in [0.25, 0.3) is 0 Å². The summed E-state index contributed by atoms with van der Waals surface area (Å²) >= 11 is 10.9. The molecule has 0 aliphatic heterocycles. The average Bonchev–Trinajstić information content (AvgIpc) is 2.76. The molecule has 0 saturated heterocycles. The first kappa shape index (κ1) is 20.8. The second kappa shape index (κ2) is 11.3. The van der Waals surface area contributed by atoms with Crippen LogP contribution in [0.1, 0.15) is 26.7 Å². The molecular formula is C14H20Cl2SiTi. The van der Waals surface area contributed by atoms with Gasteiger partial charge in [-0.15, -0.1) is 35.0 Å². The fourth-order valence-corrected chi connectivity index (χ4v) is 1.03. The summed E-state index contributed by atoms with van der Waals surface area (Å²) in [5.74, 6) is 0. The van der Waals surface area contributed by atoms with Gasteiger partial charge in [-0.25, -0.2) is 23.3 Å². The zero-order valence-electron chi connectivity index (χ0n) is 11.5. The van der Waals surface area contributed by atoms with E-state index in [4.69, 9.17) is 22.2 Å². The summed E-state index contributed by atoms with van der Waals surface area (Å²) in [7, 11) is 0. The molecule has 0 atom stereocenters. The molecule has 0 N–H and O–H groups in total. The van der Waals surface area contributed by atoms with Gasteiger partial charge in [0.15, 0.2) is 0 Å². The first-order valence-corrected chi connectivity index (χ1v) is 10.7. The quantitative estimate of drug-likeness (QED) is 0.309. The summed E-state index contributed by atoms with van der Waals surface area (Å²) in [6, 6.07) is 0. The molecule has 2 rings (SSSR count). The van der Waals surface area contributed by atoms with E-state index in [-0.39, 0.29) is 21.7 Å². The Morgan fingerprint density at radius 1 is 0.944 bits per heavy atom. The Balaban J connectivity index is 0. The summed E-state index contributed by atoms with van der Waals surface area (Å²) < 4.78 is 0. The molecule has 0 bridgehead atoms. The van der Waals surface area contributed by atoms with E-state index >= 15 is 0 Å². The fraction of sp³-hybridized carbons (Fsp3) is 0.429. The van der Waals surface area contributed by atoms with Crippen molar-refractivity contribution in [2.75, 3.05) is 0 Å². The zero-order valence-corrected chi connectivity index (χ0v) is 15.6. The van der Waals surface area contributed by atoms with Gasteiger partial charge in [-0.1, -0.05) is 13.8 Å². The van der Waals surface area contributed by atoms with Crippen LogP contribution in [-0.4, -0.2) is 6.69 Å². The average molecular weight is 335 g/mol. The predicted molar refractivity (Wildman–Crippen MR) is 81.6 cm³/mol. The number of halogens is 2. The minimum absolute atomic E-state index is 0. The first-order chi connectivity index (χ1) is 7.79. The number of hydrogen-bond acceptors (Lipinski definition) is 0. The van der Waals surface area contributed by atoms with E-state index in [2.05, 4.69) is 50.3 Å². The topological polar surface area (TPSA) is 0 Å². The van der Waals surface area contributed by atoms with Gasteiger partial charge in [-0.3, -0.25) is 12.2 Å². The van der Waals surface area contributed by atoms with Crippen molar-refractivity contribution < 1.29 is 21.7 Å². The van der Waals surface area contributed by atoms with Crippen molar-refractivity contribution in [3.8, 4) is 0 Å². The standard InChI is InChI=1S/2C6H7.C2H6Cl2Si.Ti/c2*1-6-4-2-3-5-6;1-5(2,3)4;/h2*2,4H,3H2,1H3;1-2H3;/q2*-1;;+2. The minimum atomic E-state index is -1.67. The van der Waals surface area contributed by atoms with Gasteiger partial charge in [0.1, 0.15) is 0 Å². The monoisotopic (exact) mass is 334 g/mol. The number of hydrogen-bond donors (Lipinski definition) is 0. The molecule has 0 aromatic rings. The van der Waals surface area contributed by atoms with Gasteiger partial charge in [0.2, 0.25) is 6.69 Å². The van der Waals surface area contributed by atoms with E-state index in [1.165, 1.54) is 11.1 Å². The molecule has 4 heteroatoms. The van der Waals surface area contributed by atoms with Crippen molar-refractivity contribution in [2.24, 2.45) is 0 Å². The Hall–Kier alpha value is 0.471. The van der Waals surface area contributed by atoms with Crippen LogP contribution in [0.5, 0.6) is 0 Å². The van der Waals surface area contributed by atoms with Crippen LogP contribution in [-0.2, 0) is 21.7 Å². The fourth-order valence-electron chi connectivity index (χ4n) is 1.03. The Bertz CT molecular complexity index is 297. The molecule has 0 heterocycles. The molecule has 0 fully saturated rings. The van der Waals surface area contributed by atoms with Gasteiger partial charge >= 0.3 is 21.7 Å². The molecule has 0 unspecified atom stereocenters. The molecule has 2 aliphatic carbocycles. The predicted octanol–water partition coefficient (Wildman–Crippen LogP) is 5.55. The van der Waals surface area contributed by atoms with E-state index in [9.17, 15) is 0 Å². The minimum Gasteiger partial charge on any atom is -0.270 e. The van der Waals surface area contributed by atoms with Crippen LogP contribution < -0.4 is 0 Å². The van der Waals surface area contributed by atoms with E-state index in [0.717, 1.165) is 12.8 Å².